The Labute approximate surface area is 89.8 Å². The average Bonchev–Trinajstić information content (AvgIpc) is 2.14. The standard InChI is InChI=1S/C9H11F3N2S/c10-9(11,12)15-7-3-1-2-6(4-7)8(14)5-13/h1-4,8H,5,13-14H2/t8-/m0/s1. The van der Waals surface area contributed by atoms with Gasteiger partial charge in [-0.25, -0.2) is 0 Å². The number of thioether (sulfide) groups is 1. The average molecular weight is 236 g/mol. The third kappa shape index (κ3) is 4.11. The maximum absolute atomic E-state index is 12.1. The SMILES string of the molecule is NC[C@H](N)c1cccc(SC(F)(F)F)c1. The van der Waals surface area contributed by atoms with Crippen molar-refractivity contribution in [2.24, 2.45) is 11.5 Å². The first kappa shape index (κ1) is 12.4. The summed E-state index contributed by atoms with van der Waals surface area (Å²) in [5.41, 5.74) is 7.28. The molecule has 0 saturated carbocycles. The fourth-order valence-electron chi connectivity index (χ4n) is 1.08. The normalized spacial score (nSPS) is 13.9. The summed E-state index contributed by atoms with van der Waals surface area (Å²) < 4.78 is 36.2. The van der Waals surface area contributed by atoms with Gasteiger partial charge >= 0.3 is 5.51 Å². The van der Waals surface area contributed by atoms with E-state index in [0.29, 0.717) is 5.56 Å². The zero-order chi connectivity index (χ0) is 11.5. The van der Waals surface area contributed by atoms with Crippen LogP contribution < -0.4 is 11.5 Å². The number of alkyl halides is 3. The minimum Gasteiger partial charge on any atom is -0.329 e. The maximum Gasteiger partial charge on any atom is 0.446 e. The third-order valence-corrected chi connectivity index (χ3v) is 2.49. The summed E-state index contributed by atoms with van der Waals surface area (Å²) >= 11 is -0.154. The number of hydrogen-bond acceptors (Lipinski definition) is 3. The van der Waals surface area contributed by atoms with Crippen LogP contribution in [0.5, 0.6) is 0 Å². The van der Waals surface area contributed by atoms with Gasteiger partial charge in [-0.15, -0.1) is 0 Å². The van der Waals surface area contributed by atoms with Gasteiger partial charge in [0, 0.05) is 17.5 Å². The molecule has 0 fully saturated rings. The topological polar surface area (TPSA) is 52.0 Å². The molecule has 0 unspecified atom stereocenters. The second kappa shape index (κ2) is 4.87. The number of nitrogens with two attached hydrogens (primary N) is 2. The molecule has 0 saturated heterocycles. The van der Waals surface area contributed by atoms with Gasteiger partial charge in [0.2, 0.25) is 0 Å². The van der Waals surface area contributed by atoms with E-state index >= 15 is 0 Å². The molecule has 0 aromatic heterocycles. The van der Waals surface area contributed by atoms with Crippen LogP contribution in [-0.2, 0) is 0 Å². The lowest BCUT2D eigenvalue weighted by Crippen LogP contribution is -2.20. The Morgan fingerprint density at radius 1 is 1.33 bits per heavy atom. The molecule has 0 amide bonds. The molecule has 15 heavy (non-hydrogen) atoms. The monoisotopic (exact) mass is 236 g/mol. The molecular formula is C9H11F3N2S. The van der Waals surface area contributed by atoms with Crippen LogP contribution in [0.15, 0.2) is 29.2 Å². The smallest absolute Gasteiger partial charge is 0.329 e. The molecule has 0 heterocycles. The lowest BCUT2D eigenvalue weighted by Gasteiger charge is -2.11. The molecule has 0 aliphatic carbocycles. The molecule has 0 radical (unpaired) electrons. The van der Waals surface area contributed by atoms with Crippen molar-refractivity contribution in [1.82, 2.24) is 0 Å². The van der Waals surface area contributed by atoms with E-state index < -0.39 is 11.6 Å². The number of halogens is 3. The van der Waals surface area contributed by atoms with E-state index in [4.69, 9.17) is 11.5 Å². The minimum atomic E-state index is -4.27. The van der Waals surface area contributed by atoms with Gasteiger partial charge in [0.1, 0.15) is 0 Å². The summed E-state index contributed by atoms with van der Waals surface area (Å²) in [6.07, 6.45) is 0. The lowest BCUT2D eigenvalue weighted by atomic mass is 10.1. The molecule has 0 spiro atoms. The Balaban J connectivity index is 2.83. The highest BCUT2D eigenvalue weighted by Crippen LogP contribution is 2.37. The van der Waals surface area contributed by atoms with Crippen LogP contribution in [-0.4, -0.2) is 12.1 Å². The molecule has 84 valence electrons. The van der Waals surface area contributed by atoms with Crippen LogP contribution in [0, 0.1) is 0 Å². The highest BCUT2D eigenvalue weighted by molar-refractivity contribution is 8.00. The summed E-state index contributed by atoms with van der Waals surface area (Å²) in [5.74, 6) is 0. The lowest BCUT2D eigenvalue weighted by molar-refractivity contribution is -0.0328. The Morgan fingerprint density at radius 3 is 2.53 bits per heavy atom. The predicted molar refractivity (Wildman–Crippen MR) is 54.3 cm³/mol. The fraction of sp³-hybridized carbons (Fsp3) is 0.333. The summed E-state index contributed by atoms with van der Waals surface area (Å²) in [5, 5.41) is 0. The molecule has 1 rings (SSSR count). The van der Waals surface area contributed by atoms with Crippen molar-refractivity contribution in [2.75, 3.05) is 6.54 Å². The highest BCUT2D eigenvalue weighted by atomic mass is 32.2. The largest absolute Gasteiger partial charge is 0.446 e. The summed E-state index contributed by atoms with van der Waals surface area (Å²) in [7, 11) is 0. The minimum absolute atomic E-state index is 0.129. The van der Waals surface area contributed by atoms with Crippen molar-refractivity contribution in [3.63, 3.8) is 0 Å². The molecule has 1 aromatic carbocycles. The molecule has 1 aromatic rings. The van der Waals surface area contributed by atoms with Crippen LogP contribution in [0.25, 0.3) is 0 Å². The zero-order valence-corrected chi connectivity index (χ0v) is 8.61. The second-order valence-electron chi connectivity index (χ2n) is 2.96. The van der Waals surface area contributed by atoms with E-state index in [1.165, 1.54) is 12.1 Å². The van der Waals surface area contributed by atoms with Crippen molar-refractivity contribution < 1.29 is 13.2 Å². The van der Waals surface area contributed by atoms with Crippen LogP contribution in [0.3, 0.4) is 0 Å². The Kier molecular flexibility index (Phi) is 4.01. The first-order valence-electron chi connectivity index (χ1n) is 4.24. The van der Waals surface area contributed by atoms with E-state index in [-0.39, 0.29) is 23.2 Å². The molecule has 0 aliphatic heterocycles. The van der Waals surface area contributed by atoms with Crippen molar-refractivity contribution in [3.05, 3.63) is 29.8 Å². The summed E-state index contributed by atoms with van der Waals surface area (Å²) in [6.45, 7) is 0.208. The number of rotatable bonds is 3. The Hall–Kier alpha value is -0.720. The Bertz CT molecular complexity index is 327. The first-order chi connectivity index (χ1) is 6.92. The van der Waals surface area contributed by atoms with Crippen molar-refractivity contribution >= 4 is 11.8 Å². The van der Waals surface area contributed by atoms with Crippen LogP contribution >= 0.6 is 11.8 Å². The van der Waals surface area contributed by atoms with Crippen LogP contribution in [0.4, 0.5) is 13.2 Å². The summed E-state index contributed by atoms with van der Waals surface area (Å²) in [4.78, 5) is 0.129. The van der Waals surface area contributed by atoms with E-state index in [0.717, 1.165) is 0 Å². The van der Waals surface area contributed by atoms with Gasteiger partial charge in [-0.3, -0.25) is 0 Å². The van der Waals surface area contributed by atoms with E-state index in [1.54, 1.807) is 12.1 Å². The van der Waals surface area contributed by atoms with Crippen LogP contribution in [0.1, 0.15) is 11.6 Å². The van der Waals surface area contributed by atoms with Gasteiger partial charge in [0.05, 0.1) is 0 Å². The van der Waals surface area contributed by atoms with Gasteiger partial charge in [0.25, 0.3) is 0 Å². The zero-order valence-electron chi connectivity index (χ0n) is 7.79. The first-order valence-corrected chi connectivity index (χ1v) is 5.05. The molecule has 0 bridgehead atoms. The van der Waals surface area contributed by atoms with Gasteiger partial charge < -0.3 is 11.5 Å². The van der Waals surface area contributed by atoms with E-state index in [1.807, 2.05) is 0 Å². The van der Waals surface area contributed by atoms with Crippen molar-refractivity contribution in [2.45, 2.75) is 16.4 Å². The molecule has 4 N–H and O–H groups in total. The molecule has 0 aliphatic rings. The van der Waals surface area contributed by atoms with Gasteiger partial charge in [-0.1, -0.05) is 12.1 Å². The number of hydrogen-bond donors (Lipinski definition) is 2. The van der Waals surface area contributed by atoms with Crippen LogP contribution in [0.2, 0.25) is 0 Å². The van der Waals surface area contributed by atoms with Gasteiger partial charge in [0.15, 0.2) is 0 Å². The molecule has 1 atom stereocenters. The maximum atomic E-state index is 12.1. The van der Waals surface area contributed by atoms with Gasteiger partial charge in [-0.2, -0.15) is 13.2 Å². The quantitative estimate of drug-likeness (QED) is 0.791. The van der Waals surface area contributed by atoms with E-state index in [9.17, 15) is 13.2 Å². The third-order valence-electron chi connectivity index (χ3n) is 1.77. The highest BCUT2D eigenvalue weighted by Gasteiger charge is 2.29. The predicted octanol–water partition coefficient (Wildman–Crippen LogP) is 2.26. The van der Waals surface area contributed by atoms with Gasteiger partial charge in [-0.05, 0) is 29.5 Å². The Morgan fingerprint density at radius 2 is 2.00 bits per heavy atom. The van der Waals surface area contributed by atoms with E-state index in [2.05, 4.69) is 0 Å². The molecular weight excluding hydrogens is 225 g/mol. The van der Waals surface area contributed by atoms with Crippen molar-refractivity contribution in [3.8, 4) is 0 Å². The molecule has 6 heteroatoms. The van der Waals surface area contributed by atoms with Crippen molar-refractivity contribution in [1.29, 1.82) is 0 Å². The fourth-order valence-corrected chi connectivity index (χ4v) is 1.69. The summed E-state index contributed by atoms with van der Waals surface area (Å²) in [6, 6.07) is 5.59. The number of benzene rings is 1. The second-order valence-corrected chi connectivity index (χ2v) is 4.10. The molecule has 2 nitrogen and oxygen atoms in total.